The van der Waals surface area contributed by atoms with E-state index in [-0.39, 0.29) is 24.3 Å². The average Bonchev–Trinajstić information content (AvgIpc) is 2.95. The van der Waals surface area contributed by atoms with Crippen LogP contribution in [0.3, 0.4) is 0 Å². The van der Waals surface area contributed by atoms with Gasteiger partial charge in [-0.05, 0) is 62.6 Å². The highest BCUT2D eigenvalue weighted by atomic mass is 16.6. The van der Waals surface area contributed by atoms with Gasteiger partial charge in [-0.2, -0.15) is 0 Å². The summed E-state index contributed by atoms with van der Waals surface area (Å²) >= 11 is 0. The second-order valence-corrected chi connectivity index (χ2v) is 12.9. The number of fused-ring (bicyclic) bond motifs is 1. The molecule has 42 heavy (non-hydrogen) atoms. The molecule has 0 bridgehead atoms. The normalized spacial score (nSPS) is 19.0. The lowest BCUT2D eigenvalue weighted by Gasteiger charge is -2.44. The second-order valence-electron chi connectivity index (χ2n) is 12.9. The summed E-state index contributed by atoms with van der Waals surface area (Å²) in [5, 5.41) is 12.6. The molecule has 1 fully saturated rings. The van der Waals surface area contributed by atoms with Crippen LogP contribution in [0, 0.1) is 5.92 Å². The van der Waals surface area contributed by atoms with Crippen molar-refractivity contribution in [3.8, 4) is 0 Å². The zero-order valence-corrected chi connectivity index (χ0v) is 25.3. The number of hydrogen-bond acceptors (Lipinski definition) is 5. The quantitative estimate of drug-likeness (QED) is 0.500. The fourth-order valence-corrected chi connectivity index (χ4v) is 5.97. The van der Waals surface area contributed by atoms with Gasteiger partial charge in [0.05, 0.1) is 12.0 Å². The molecule has 4 rings (SSSR count). The number of carbonyl (C=O) groups is 4. The number of likely N-dealkylation sites (tertiary alicyclic amines) is 1. The number of carboxylic acids is 1. The molecule has 2 aromatic carbocycles. The predicted octanol–water partition coefficient (Wildman–Crippen LogP) is 4.52. The van der Waals surface area contributed by atoms with Crippen molar-refractivity contribution in [2.45, 2.75) is 89.9 Å². The Hall–Kier alpha value is -3.88. The lowest BCUT2D eigenvalue weighted by atomic mass is 9.71. The Bertz CT molecular complexity index is 1290. The molecule has 9 nitrogen and oxygen atoms in total. The number of carbonyl (C=O) groups excluding carboxylic acids is 3. The summed E-state index contributed by atoms with van der Waals surface area (Å²) in [6.07, 6.45) is 0.830. The van der Waals surface area contributed by atoms with Crippen molar-refractivity contribution < 1.29 is 29.0 Å². The molecular formula is C33H43N3O6. The summed E-state index contributed by atoms with van der Waals surface area (Å²) in [5.74, 6) is -1.49. The SMILES string of the molecule is CC(C)C[C@@H](NC(=O)C1(c2ccccc2)CCN(C(=O)[C@H]2Cc3ccccc3CN2C(=O)OC(C)(C)C)CC1)C(=O)O. The third-order valence-electron chi connectivity index (χ3n) is 8.16. The highest BCUT2D eigenvalue weighted by Crippen LogP contribution is 2.37. The molecule has 0 unspecified atom stereocenters. The van der Waals surface area contributed by atoms with E-state index in [0.717, 1.165) is 16.7 Å². The van der Waals surface area contributed by atoms with Crippen molar-refractivity contribution in [2.75, 3.05) is 13.1 Å². The molecule has 0 aliphatic carbocycles. The minimum Gasteiger partial charge on any atom is -0.480 e. The first-order valence-corrected chi connectivity index (χ1v) is 14.8. The zero-order chi connectivity index (χ0) is 30.7. The minimum atomic E-state index is -1.06. The van der Waals surface area contributed by atoms with Crippen LogP contribution in [0.1, 0.15) is 70.6 Å². The third kappa shape index (κ3) is 6.94. The van der Waals surface area contributed by atoms with Gasteiger partial charge in [-0.25, -0.2) is 9.59 Å². The highest BCUT2D eigenvalue weighted by molar-refractivity contribution is 5.92. The third-order valence-corrected chi connectivity index (χ3v) is 8.16. The smallest absolute Gasteiger partial charge is 0.411 e. The molecule has 2 N–H and O–H groups in total. The zero-order valence-electron chi connectivity index (χ0n) is 25.3. The minimum absolute atomic E-state index is 0.0899. The van der Waals surface area contributed by atoms with Gasteiger partial charge in [-0.1, -0.05) is 68.4 Å². The maximum atomic E-state index is 14.0. The van der Waals surface area contributed by atoms with Gasteiger partial charge >= 0.3 is 12.1 Å². The van der Waals surface area contributed by atoms with Gasteiger partial charge in [0.2, 0.25) is 11.8 Å². The molecule has 0 saturated carbocycles. The van der Waals surface area contributed by atoms with Crippen LogP contribution in [0.4, 0.5) is 4.79 Å². The molecule has 2 aliphatic heterocycles. The maximum absolute atomic E-state index is 14.0. The van der Waals surface area contributed by atoms with Crippen LogP contribution < -0.4 is 5.32 Å². The Morgan fingerprint density at radius 1 is 0.976 bits per heavy atom. The van der Waals surface area contributed by atoms with E-state index in [2.05, 4.69) is 5.32 Å². The maximum Gasteiger partial charge on any atom is 0.411 e. The van der Waals surface area contributed by atoms with Gasteiger partial charge in [-0.15, -0.1) is 0 Å². The molecule has 0 radical (unpaired) electrons. The predicted molar refractivity (Wildman–Crippen MR) is 159 cm³/mol. The first kappa shape index (κ1) is 31.1. The van der Waals surface area contributed by atoms with Gasteiger partial charge in [-0.3, -0.25) is 14.5 Å². The summed E-state index contributed by atoms with van der Waals surface area (Å²) in [5.41, 5.74) is 1.12. The number of ether oxygens (including phenoxy) is 1. The molecule has 0 spiro atoms. The van der Waals surface area contributed by atoms with Crippen LogP contribution in [0.2, 0.25) is 0 Å². The Kier molecular flexibility index (Phi) is 9.28. The van der Waals surface area contributed by atoms with E-state index in [4.69, 9.17) is 4.74 Å². The number of nitrogens with one attached hydrogen (secondary N) is 1. The number of aliphatic carboxylic acids is 1. The summed E-state index contributed by atoms with van der Waals surface area (Å²) in [7, 11) is 0. The number of hydrogen-bond donors (Lipinski definition) is 2. The van der Waals surface area contributed by atoms with E-state index in [0.29, 0.717) is 38.8 Å². The molecule has 2 aromatic rings. The number of amides is 3. The summed E-state index contributed by atoms with van der Waals surface area (Å²) in [6, 6.07) is 15.4. The van der Waals surface area contributed by atoms with Gasteiger partial charge in [0.15, 0.2) is 0 Å². The Morgan fingerprint density at radius 2 is 1.57 bits per heavy atom. The molecule has 2 atom stereocenters. The average molecular weight is 578 g/mol. The van der Waals surface area contributed by atoms with E-state index >= 15 is 0 Å². The molecular weight excluding hydrogens is 534 g/mol. The van der Waals surface area contributed by atoms with Crippen LogP contribution in [-0.4, -0.2) is 69.6 Å². The van der Waals surface area contributed by atoms with Gasteiger partial charge in [0.1, 0.15) is 17.7 Å². The van der Waals surface area contributed by atoms with E-state index in [1.165, 1.54) is 4.90 Å². The topological polar surface area (TPSA) is 116 Å². The molecule has 2 aliphatic rings. The monoisotopic (exact) mass is 577 g/mol. The number of benzene rings is 2. The molecule has 3 amide bonds. The lowest BCUT2D eigenvalue weighted by Crippen LogP contribution is -2.59. The van der Waals surface area contributed by atoms with Crippen LogP contribution >= 0.6 is 0 Å². The Labute approximate surface area is 248 Å². The first-order chi connectivity index (χ1) is 19.8. The lowest BCUT2D eigenvalue weighted by molar-refractivity contribution is -0.145. The first-order valence-electron chi connectivity index (χ1n) is 14.8. The van der Waals surface area contributed by atoms with Crippen LogP contribution in [0.25, 0.3) is 0 Å². The largest absolute Gasteiger partial charge is 0.480 e. The standard InChI is InChI=1S/C33H43N3O6/c1-22(2)19-26(29(38)39)34-30(40)33(25-13-7-6-8-14-25)15-17-35(18-16-33)28(37)27-20-23-11-9-10-12-24(23)21-36(27)31(41)42-32(3,4)5/h6-14,22,26-27H,15-21H2,1-5H3,(H,34,40)(H,38,39)/t26-,27-/m1/s1. The van der Waals surface area contributed by atoms with Crippen LogP contribution in [0.5, 0.6) is 0 Å². The summed E-state index contributed by atoms with van der Waals surface area (Å²) < 4.78 is 5.68. The summed E-state index contributed by atoms with van der Waals surface area (Å²) in [4.78, 5) is 56.4. The molecule has 0 aromatic heterocycles. The Morgan fingerprint density at radius 3 is 2.14 bits per heavy atom. The van der Waals surface area contributed by atoms with Gasteiger partial charge in [0.25, 0.3) is 0 Å². The van der Waals surface area contributed by atoms with E-state index < -0.39 is 35.2 Å². The number of piperidine rings is 1. The van der Waals surface area contributed by atoms with Crippen molar-refractivity contribution in [2.24, 2.45) is 5.92 Å². The van der Waals surface area contributed by atoms with Crippen molar-refractivity contribution in [1.29, 1.82) is 0 Å². The molecule has 1 saturated heterocycles. The van der Waals surface area contributed by atoms with Crippen molar-refractivity contribution in [3.05, 3.63) is 71.3 Å². The molecule has 9 heteroatoms. The van der Waals surface area contributed by atoms with Crippen molar-refractivity contribution in [3.63, 3.8) is 0 Å². The van der Waals surface area contributed by atoms with Crippen LogP contribution in [-0.2, 0) is 37.5 Å². The van der Waals surface area contributed by atoms with E-state index in [9.17, 15) is 24.3 Å². The Balaban J connectivity index is 1.57. The molecule has 226 valence electrons. The van der Waals surface area contributed by atoms with E-state index in [1.807, 2.05) is 68.4 Å². The fraction of sp³-hybridized carbons (Fsp3) is 0.515. The number of rotatable bonds is 7. The summed E-state index contributed by atoms with van der Waals surface area (Å²) in [6.45, 7) is 10.1. The van der Waals surface area contributed by atoms with Crippen molar-refractivity contribution in [1.82, 2.24) is 15.1 Å². The fourth-order valence-electron chi connectivity index (χ4n) is 5.97. The van der Waals surface area contributed by atoms with Crippen molar-refractivity contribution >= 4 is 23.9 Å². The van der Waals surface area contributed by atoms with E-state index in [1.54, 1.807) is 25.7 Å². The van der Waals surface area contributed by atoms with Gasteiger partial charge < -0.3 is 20.1 Å². The number of nitrogens with zero attached hydrogens (tertiary/aromatic N) is 2. The second kappa shape index (κ2) is 12.5. The number of carboxylic acid groups (broad SMARTS) is 1. The molecule has 2 heterocycles. The van der Waals surface area contributed by atoms with Crippen LogP contribution in [0.15, 0.2) is 54.6 Å². The van der Waals surface area contributed by atoms with Gasteiger partial charge in [0, 0.05) is 19.5 Å². The highest BCUT2D eigenvalue weighted by Gasteiger charge is 2.47.